The van der Waals surface area contributed by atoms with Gasteiger partial charge in [-0.15, -0.1) is 0 Å². The van der Waals surface area contributed by atoms with Gasteiger partial charge in [-0.1, -0.05) is 12.1 Å². The minimum absolute atomic E-state index is 0.0591. The van der Waals surface area contributed by atoms with Crippen molar-refractivity contribution in [1.82, 2.24) is 29.4 Å². The number of fused-ring (bicyclic) bond motifs is 1. The molecule has 0 bridgehead atoms. The fourth-order valence-corrected chi connectivity index (χ4v) is 5.02. The standard InChI is InChI=1S/C28H29FN10O2/c1-18(40)38-12-10-37(11-13-38)16-23-22(6-8-30)25(26-27(31)33-17-34-39(23)26)20-2-4-21(5-3-20)35-28(41)36-24-14-19(15-29)7-9-32-24/h2-5,7,9,14,17H,6,10-13,15-16H2,1H3,(H2,31,33,34)(H2,32,35,36,41). The van der Waals surface area contributed by atoms with Gasteiger partial charge in [0.2, 0.25) is 5.91 Å². The molecule has 0 aliphatic carbocycles. The van der Waals surface area contributed by atoms with E-state index in [1.807, 2.05) is 17.0 Å². The molecule has 0 radical (unpaired) electrons. The highest BCUT2D eigenvalue weighted by Gasteiger charge is 2.26. The number of nitrogens with zero attached hydrogens (tertiary/aromatic N) is 7. The SMILES string of the molecule is CC(=O)N1CCN(Cc2c(CC#N)c(-c3ccc(NC(=O)Nc4cc(CF)ccn4)cc3)c3c(N)ncnn23)CC1. The number of halogens is 1. The van der Waals surface area contributed by atoms with Gasteiger partial charge in [0.25, 0.3) is 0 Å². The highest BCUT2D eigenvalue weighted by Crippen LogP contribution is 2.36. The molecule has 3 aromatic heterocycles. The third-order valence-electron chi connectivity index (χ3n) is 7.06. The molecule has 4 N–H and O–H groups in total. The Balaban J connectivity index is 1.42. The number of carbonyl (C=O) groups excluding carboxylic acids is 2. The van der Waals surface area contributed by atoms with Crippen molar-refractivity contribution in [2.75, 3.05) is 42.5 Å². The normalized spacial score (nSPS) is 13.6. The molecule has 4 heterocycles. The van der Waals surface area contributed by atoms with Crippen LogP contribution in [0, 0.1) is 11.3 Å². The van der Waals surface area contributed by atoms with Gasteiger partial charge in [-0.2, -0.15) is 10.4 Å². The number of nitriles is 1. The first kappa shape index (κ1) is 27.5. The molecule has 13 heteroatoms. The number of pyridine rings is 1. The van der Waals surface area contributed by atoms with Crippen LogP contribution in [0.3, 0.4) is 0 Å². The zero-order valence-corrected chi connectivity index (χ0v) is 22.5. The summed E-state index contributed by atoms with van der Waals surface area (Å²) in [5.74, 6) is 0.580. The van der Waals surface area contributed by atoms with Crippen LogP contribution in [-0.4, -0.2) is 67.5 Å². The van der Waals surface area contributed by atoms with Gasteiger partial charge in [0.15, 0.2) is 5.82 Å². The first-order chi connectivity index (χ1) is 19.9. The van der Waals surface area contributed by atoms with Crippen molar-refractivity contribution in [3.63, 3.8) is 0 Å². The monoisotopic (exact) mass is 556 g/mol. The van der Waals surface area contributed by atoms with Crippen molar-refractivity contribution in [2.24, 2.45) is 0 Å². The van der Waals surface area contributed by atoms with Gasteiger partial charge in [0.05, 0.1) is 18.2 Å². The summed E-state index contributed by atoms with van der Waals surface area (Å²) in [5, 5.41) is 19.6. The molecule has 41 heavy (non-hydrogen) atoms. The number of hydrogen-bond acceptors (Lipinski definition) is 8. The number of nitrogen functional groups attached to an aromatic ring is 1. The molecule has 0 unspecified atom stereocenters. The maximum atomic E-state index is 12.9. The topological polar surface area (TPSA) is 158 Å². The lowest BCUT2D eigenvalue weighted by Crippen LogP contribution is -2.47. The molecule has 3 amide bonds. The van der Waals surface area contributed by atoms with Crippen molar-refractivity contribution < 1.29 is 14.0 Å². The van der Waals surface area contributed by atoms with E-state index < -0.39 is 12.7 Å². The predicted octanol–water partition coefficient (Wildman–Crippen LogP) is 3.22. The highest BCUT2D eigenvalue weighted by atomic mass is 19.1. The van der Waals surface area contributed by atoms with Crippen molar-refractivity contribution in [3.05, 3.63) is 65.7 Å². The van der Waals surface area contributed by atoms with E-state index in [0.29, 0.717) is 49.5 Å². The summed E-state index contributed by atoms with van der Waals surface area (Å²) in [6.07, 6.45) is 2.95. The second kappa shape index (κ2) is 12.0. The number of aromatic nitrogens is 4. The van der Waals surface area contributed by atoms with Gasteiger partial charge in [0.1, 0.15) is 24.3 Å². The van der Waals surface area contributed by atoms with Gasteiger partial charge in [-0.05, 0) is 41.0 Å². The molecular formula is C28H29FN10O2. The summed E-state index contributed by atoms with van der Waals surface area (Å²) < 4.78 is 14.7. The van der Waals surface area contributed by atoms with Crippen molar-refractivity contribution >= 4 is 34.8 Å². The quantitative estimate of drug-likeness (QED) is 0.313. The summed E-state index contributed by atoms with van der Waals surface area (Å²) in [6, 6.07) is 11.9. The molecule has 210 valence electrons. The van der Waals surface area contributed by atoms with E-state index in [1.165, 1.54) is 24.7 Å². The number of carbonyl (C=O) groups is 2. The lowest BCUT2D eigenvalue weighted by Gasteiger charge is -2.34. The lowest BCUT2D eigenvalue weighted by molar-refractivity contribution is -0.130. The molecule has 1 saturated heterocycles. The summed E-state index contributed by atoms with van der Waals surface area (Å²) in [6.45, 7) is 4.11. The predicted molar refractivity (Wildman–Crippen MR) is 151 cm³/mol. The van der Waals surface area contributed by atoms with Crippen LogP contribution in [0.4, 0.5) is 26.5 Å². The van der Waals surface area contributed by atoms with E-state index in [4.69, 9.17) is 5.73 Å². The van der Waals surface area contributed by atoms with E-state index in [1.54, 1.807) is 23.6 Å². The zero-order chi connectivity index (χ0) is 28.9. The number of alkyl halides is 1. The Morgan fingerprint density at radius 2 is 1.85 bits per heavy atom. The van der Waals surface area contributed by atoms with Crippen LogP contribution < -0.4 is 16.4 Å². The van der Waals surface area contributed by atoms with E-state index in [9.17, 15) is 19.2 Å². The van der Waals surface area contributed by atoms with Gasteiger partial charge in [0, 0.05) is 57.1 Å². The van der Waals surface area contributed by atoms with E-state index in [0.717, 1.165) is 22.4 Å². The summed E-state index contributed by atoms with van der Waals surface area (Å²) in [4.78, 5) is 36.5. The van der Waals surface area contributed by atoms with E-state index in [2.05, 4.69) is 36.7 Å². The Kier molecular flexibility index (Phi) is 8.02. The third kappa shape index (κ3) is 5.92. The molecule has 1 fully saturated rings. The molecule has 0 spiro atoms. The zero-order valence-electron chi connectivity index (χ0n) is 22.5. The van der Waals surface area contributed by atoms with Crippen molar-refractivity contribution in [1.29, 1.82) is 5.26 Å². The van der Waals surface area contributed by atoms with Gasteiger partial charge in [-0.3, -0.25) is 15.0 Å². The Morgan fingerprint density at radius 3 is 2.54 bits per heavy atom. The molecule has 1 aliphatic rings. The minimum atomic E-state index is -0.656. The average molecular weight is 557 g/mol. The maximum absolute atomic E-state index is 12.9. The number of benzene rings is 1. The molecular weight excluding hydrogens is 527 g/mol. The van der Waals surface area contributed by atoms with Crippen LogP contribution in [0.5, 0.6) is 0 Å². The molecule has 4 aromatic rings. The molecule has 12 nitrogen and oxygen atoms in total. The van der Waals surface area contributed by atoms with Crippen LogP contribution in [0.2, 0.25) is 0 Å². The second-order valence-corrected chi connectivity index (χ2v) is 9.66. The first-order valence-corrected chi connectivity index (χ1v) is 13.0. The minimum Gasteiger partial charge on any atom is -0.382 e. The molecule has 0 saturated carbocycles. The van der Waals surface area contributed by atoms with Gasteiger partial charge in [-0.25, -0.2) is 23.7 Å². The summed E-state index contributed by atoms with van der Waals surface area (Å²) >= 11 is 0. The number of urea groups is 1. The fraction of sp³-hybridized carbons (Fsp3) is 0.286. The average Bonchev–Trinajstić information content (AvgIpc) is 3.28. The van der Waals surface area contributed by atoms with Crippen LogP contribution >= 0.6 is 0 Å². The van der Waals surface area contributed by atoms with Crippen LogP contribution in [0.15, 0.2) is 48.9 Å². The van der Waals surface area contributed by atoms with Crippen LogP contribution in [0.25, 0.3) is 16.6 Å². The second-order valence-electron chi connectivity index (χ2n) is 9.66. The maximum Gasteiger partial charge on any atom is 0.324 e. The molecule has 1 aromatic carbocycles. The Hall–Kier alpha value is -5.09. The molecule has 0 atom stereocenters. The Labute approximate surface area is 235 Å². The highest BCUT2D eigenvalue weighted by molar-refractivity contribution is 5.99. The van der Waals surface area contributed by atoms with Gasteiger partial charge < -0.3 is 16.0 Å². The molecule has 5 rings (SSSR count). The van der Waals surface area contributed by atoms with E-state index >= 15 is 0 Å². The van der Waals surface area contributed by atoms with Crippen molar-refractivity contribution in [3.8, 4) is 17.2 Å². The Bertz CT molecular complexity index is 1620. The van der Waals surface area contributed by atoms with Crippen LogP contribution in [-0.2, 0) is 24.4 Å². The number of amides is 3. The number of hydrogen-bond donors (Lipinski definition) is 3. The number of piperazine rings is 1. The third-order valence-corrected chi connectivity index (χ3v) is 7.06. The van der Waals surface area contributed by atoms with Crippen molar-refractivity contribution in [2.45, 2.75) is 26.6 Å². The largest absolute Gasteiger partial charge is 0.382 e. The number of anilines is 3. The fourth-order valence-electron chi connectivity index (χ4n) is 5.02. The van der Waals surface area contributed by atoms with Gasteiger partial charge >= 0.3 is 6.03 Å². The summed E-state index contributed by atoms with van der Waals surface area (Å²) in [5.41, 5.74) is 11.0. The number of nitrogens with two attached hydrogens (primary N) is 1. The smallest absolute Gasteiger partial charge is 0.324 e. The first-order valence-electron chi connectivity index (χ1n) is 13.0. The summed E-state index contributed by atoms with van der Waals surface area (Å²) in [7, 11) is 0. The Morgan fingerprint density at radius 1 is 1.10 bits per heavy atom. The molecule has 1 aliphatic heterocycles. The lowest BCUT2D eigenvalue weighted by atomic mass is 9.98. The van der Waals surface area contributed by atoms with Crippen LogP contribution in [0.1, 0.15) is 23.7 Å². The number of nitrogens with one attached hydrogen (secondary N) is 2. The van der Waals surface area contributed by atoms with E-state index in [-0.39, 0.29) is 24.0 Å². The number of rotatable bonds is 7.